The Bertz CT molecular complexity index is 297. The molecule has 1 heterocycles. The fraction of sp³-hybridized carbons (Fsp3) is 0.556. The van der Waals surface area contributed by atoms with Gasteiger partial charge in [-0.1, -0.05) is 12.1 Å². The largest absolute Gasteiger partial charge is 0.481 e. The van der Waals surface area contributed by atoms with Crippen LogP contribution in [-0.2, 0) is 4.79 Å². The Morgan fingerprint density at radius 1 is 1.62 bits per heavy atom. The van der Waals surface area contributed by atoms with Crippen LogP contribution in [0.25, 0.3) is 0 Å². The highest BCUT2D eigenvalue weighted by atomic mass is 16.5. The number of rotatable bonds is 3. The van der Waals surface area contributed by atoms with Crippen molar-refractivity contribution in [2.75, 3.05) is 0 Å². The number of aliphatic carboxylic acids is 1. The predicted octanol–water partition coefficient (Wildman–Crippen LogP) is 1.87. The van der Waals surface area contributed by atoms with Crippen LogP contribution in [0.15, 0.2) is 4.52 Å². The average Bonchev–Trinajstić information content (AvgIpc) is 2.36. The first kappa shape index (κ1) is 9.77. The Morgan fingerprint density at radius 2 is 2.23 bits per heavy atom. The lowest BCUT2D eigenvalue weighted by atomic mass is 9.95. The van der Waals surface area contributed by atoms with Crippen molar-refractivity contribution in [2.45, 2.75) is 33.1 Å². The lowest BCUT2D eigenvalue weighted by Crippen LogP contribution is -2.11. The third-order valence-corrected chi connectivity index (χ3v) is 2.14. The number of hydrogen-bond acceptors (Lipinski definition) is 3. The highest BCUT2D eigenvalue weighted by Gasteiger charge is 2.24. The molecular weight excluding hydrogens is 170 g/mol. The van der Waals surface area contributed by atoms with E-state index in [-0.39, 0.29) is 0 Å². The summed E-state index contributed by atoms with van der Waals surface area (Å²) in [6.07, 6.45) is 0.554. The van der Waals surface area contributed by atoms with Gasteiger partial charge < -0.3 is 9.63 Å². The molecule has 0 saturated heterocycles. The summed E-state index contributed by atoms with van der Waals surface area (Å²) < 4.78 is 4.91. The van der Waals surface area contributed by atoms with E-state index in [9.17, 15) is 4.79 Å². The first-order valence-corrected chi connectivity index (χ1v) is 4.23. The zero-order valence-corrected chi connectivity index (χ0v) is 8.00. The Kier molecular flexibility index (Phi) is 2.70. The van der Waals surface area contributed by atoms with E-state index in [0.29, 0.717) is 17.9 Å². The van der Waals surface area contributed by atoms with Gasteiger partial charge in [0.15, 0.2) is 0 Å². The monoisotopic (exact) mass is 183 g/mol. The Balaban J connectivity index is 3.10. The first-order valence-electron chi connectivity index (χ1n) is 4.23. The van der Waals surface area contributed by atoms with Gasteiger partial charge in [-0.3, -0.25) is 4.79 Å². The maximum atomic E-state index is 10.9. The number of carboxylic acid groups (broad SMARTS) is 1. The van der Waals surface area contributed by atoms with E-state index in [4.69, 9.17) is 9.63 Å². The summed E-state index contributed by atoms with van der Waals surface area (Å²) in [7, 11) is 0. The van der Waals surface area contributed by atoms with Crippen molar-refractivity contribution >= 4 is 5.97 Å². The van der Waals surface area contributed by atoms with Gasteiger partial charge in [0.25, 0.3) is 0 Å². The van der Waals surface area contributed by atoms with Gasteiger partial charge in [-0.25, -0.2) is 0 Å². The Hall–Kier alpha value is -1.32. The molecule has 0 unspecified atom stereocenters. The van der Waals surface area contributed by atoms with Crippen LogP contribution in [0.3, 0.4) is 0 Å². The third-order valence-electron chi connectivity index (χ3n) is 2.14. The number of hydrogen-bond donors (Lipinski definition) is 1. The van der Waals surface area contributed by atoms with Crippen LogP contribution in [0, 0.1) is 13.8 Å². The maximum Gasteiger partial charge on any atom is 0.311 e. The maximum absolute atomic E-state index is 10.9. The highest BCUT2D eigenvalue weighted by Crippen LogP contribution is 2.25. The molecule has 72 valence electrons. The van der Waals surface area contributed by atoms with Gasteiger partial charge in [-0.2, -0.15) is 0 Å². The van der Waals surface area contributed by atoms with Crippen molar-refractivity contribution < 1.29 is 14.4 Å². The number of carboxylic acids is 1. The van der Waals surface area contributed by atoms with Crippen molar-refractivity contribution in [2.24, 2.45) is 0 Å². The molecule has 0 aromatic carbocycles. The van der Waals surface area contributed by atoms with E-state index in [0.717, 1.165) is 5.56 Å². The van der Waals surface area contributed by atoms with Crippen LogP contribution in [0.5, 0.6) is 0 Å². The van der Waals surface area contributed by atoms with Crippen molar-refractivity contribution in [3.63, 3.8) is 0 Å². The molecule has 0 aliphatic rings. The van der Waals surface area contributed by atoms with Gasteiger partial charge in [0.1, 0.15) is 5.76 Å². The van der Waals surface area contributed by atoms with E-state index in [1.165, 1.54) is 0 Å². The van der Waals surface area contributed by atoms with Crippen LogP contribution >= 0.6 is 0 Å². The second kappa shape index (κ2) is 3.60. The molecule has 1 aromatic rings. The molecule has 0 bridgehead atoms. The molecule has 0 aliphatic heterocycles. The average molecular weight is 183 g/mol. The fourth-order valence-corrected chi connectivity index (χ4v) is 1.49. The van der Waals surface area contributed by atoms with E-state index in [1.54, 1.807) is 13.8 Å². The molecular formula is C9H13NO3. The summed E-state index contributed by atoms with van der Waals surface area (Å²) in [5.41, 5.74) is 1.39. The highest BCUT2D eigenvalue weighted by molar-refractivity contribution is 5.76. The molecule has 1 aromatic heterocycles. The van der Waals surface area contributed by atoms with Crippen LogP contribution in [0.2, 0.25) is 0 Å². The second-order valence-corrected chi connectivity index (χ2v) is 3.04. The van der Waals surface area contributed by atoms with E-state index >= 15 is 0 Å². The number of nitrogens with zero attached hydrogens (tertiary/aromatic N) is 1. The topological polar surface area (TPSA) is 63.3 Å². The minimum absolute atomic E-state index is 0.494. The molecule has 4 nitrogen and oxygen atoms in total. The summed E-state index contributed by atoms with van der Waals surface area (Å²) in [4.78, 5) is 10.9. The van der Waals surface area contributed by atoms with E-state index in [1.807, 2.05) is 6.92 Å². The smallest absolute Gasteiger partial charge is 0.311 e. The molecule has 0 amide bonds. The van der Waals surface area contributed by atoms with E-state index < -0.39 is 11.9 Å². The minimum atomic E-state index is -0.822. The fourth-order valence-electron chi connectivity index (χ4n) is 1.49. The molecule has 0 saturated carbocycles. The molecule has 0 aliphatic carbocycles. The summed E-state index contributed by atoms with van der Waals surface area (Å²) >= 11 is 0. The number of aromatic nitrogens is 1. The standard InChI is InChI=1S/C9H13NO3/c1-4-7(9(11)12)8-5(2)10-13-6(8)3/h7H,4H2,1-3H3,(H,11,12)/t7-/m1/s1. The molecule has 4 heteroatoms. The zero-order chi connectivity index (χ0) is 10.0. The van der Waals surface area contributed by atoms with E-state index in [2.05, 4.69) is 5.16 Å². The summed E-state index contributed by atoms with van der Waals surface area (Å²) in [5, 5.41) is 12.7. The number of aryl methyl sites for hydroxylation is 2. The van der Waals surface area contributed by atoms with Crippen LogP contribution in [0.4, 0.5) is 0 Å². The second-order valence-electron chi connectivity index (χ2n) is 3.04. The van der Waals surface area contributed by atoms with Gasteiger partial charge in [-0.05, 0) is 20.3 Å². The van der Waals surface area contributed by atoms with Gasteiger partial charge in [0, 0.05) is 5.56 Å². The van der Waals surface area contributed by atoms with Gasteiger partial charge >= 0.3 is 5.97 Å². The third kappa shape index (κ3) is 1.71. The Labute approximate surface area is 76.5 Å². The number of carbonyl (C=O) groups is 1. The normalized spacial score (nSPS) is 12.8. The summed E-state index contributed by atoms with van der Waals surface area (Å²) in [6.45, 7) is 5.34. The van der Waals surface area contributed by atoms with Crippen LogP contribution in [0.1, 0.15) is 36.3 Å². The van der Waals surface area contributed by atoms with Crippen LogP contribution < -0.4 is 0 Å². The summed E-state index contributed by atoms with van der Waals surface area (Å²) in [5.74, 6) is -0.713. The molecule has 0 radical (unpaired) electrons. The van der Waals surface area contributed by atoms with Gasteiger partial charge in [-0.15, -0.1) is 0 Å². The Morgan fingerprint density at radius 3 is 2.54 bits per heavy atom. The summed E-state index contributed by atoms with van der Waals surface area (Å²) in [6, 6.07) is 0. The molecule has 0 spiro atoms. The predicted molar refractivity (Wildman–Crippen MR) is 46.6 cm³/mol. The zero-order valence-electron chi connectivity index (χ0n) is 8.00. The minimum Gasteiger partial charge on any atom is -0.481 e. The first-order chi connectivity index (χ1) is 6.07. The molecule has 1 rings (SSSR count). The van der Waals surface area contributed by atoms with Crippen molar-refractivity contribution in [1.29, 1.82) is 0 Å². The quantitative estimate of drug-likeness (QED) is 0.776. The van der Waals surface area contributed by atoms with Gasteiger partial charge in [0.05, 0.1) is 11.6 Å². The lowest BCUT2D eigenvalue weighted by Gasteiger charge is -2.07. The molecule has 1 atom stereocenters. The van der Waals surface area contributed by atoms with Crippen molar-refractivity contribution in [3.05, 3.63) is 17.0 Å². The van der Waals surface area contributed by atoms with Crippen LogP contribution in [-0.4, -0.2) is 16.2 Å². The molecule has 0 fully saturated rings. The van der Waals surface area contributed by atoms with Gasteiger partial charge in [0.2, 0.25) is 0 Å². The van der Waals surface area contributed by atoms with Crippen molar-refractivity contribution in [1.82, 2.24) is 5.16 Å². The lowest BCUT2D eigenvalue weighted by molar-refractivity contribution is -0.138. The molecule has 1 N–H and O–H groups in total. The molecule has 13 heavy (non-hydrogen) atoms. The SMILES string of the molecule is CC[C@@H](C(=O)O)c1c(C)noc1C. The van der Waals surface area contributed by atoms with Crippen molar-refractivity contribution in [3.8, 4) is 0 Å².